The zero-order valence-electron chi connectivity index (χ0n) is 17.2. The van der Waals surface area contributed by atoms with Gasteiger partial charge >= 0.3 is 0 Å². The van der Waals surface area contributed by atoms with Crippen LogP contribution in [0.5, 0.6) is 0 Å². The molecule has 1 rings (SSSR count). The lowest BCUT2D eigenvalue weighted by molar-refractivity contribution is -0.122. The van der Waals surface area contributed by atoms with Crippen LogP contribution in [-0.4, -0.2) is 129 Å². The van der Waals surface area contributed by atoms with Crippen LogP contribution in [0.1, 0.15) is 13.3 Å². The van der Waals surface area contributed by atoms with Crippen LogP contribution in [0, 0.1) is 0 Å². The Kier molecular flexibility index (Phi) is 12.5. The maximum atomic E-state index is 12.1. The smallest absolute Gasteiger partial charge is 0.221 e. The van der Waals surface area contributed by atoms with Crippen LogP contribution in [0.2, 0.25) is 0 Å². The van der Waals surface area contributed by atoms with E-state index in [-0.39, 0.29) is 18.5 Å². The molecule has 1 saturated heterocycles. The summed E-state index contributed by atoms with van der Waals surface area (Å²) in [5.41, 5.74) is 0. The molecule has 0 aliphatic carbocycles. The lowest BCUT2D eigenvalue weighted by Crippen LogP contribution is -2.52. The second-order valence-electron chi connectivity index (χ2n) is 7.02. The van der Waals surface area contributed by atoms with Crippen molar-refractivity contribution in [3.05, 3.63) is 0 Å². The number of hydrogen-bond acceptors (Lipinski definition) is 8. The van der Waals surface area contributed by atoms with Crippen LogP contribution in [0.4, 0.5) is 0 Å². The molecule has 1 heterocycles. The number of amides is 1. The van der Waals surface area contributed by atoms with E-state index in [9.17, 15) is 19.2 Å². The van der Waals surface area contributed by atoms with E-state index in [1.807, 2.05) is 9.80 Å². The number of nitrogens with one attached hydrogen (secondary N) is 1. The highest BCUT2D eigenvalue weighted by molar-refractivity contribution is 5.76. The van der Waals surface area contributed by atoms with Crippen molar-refractivity contribution in [2.45, 2.75) is 19.4 Å². The molecule has 0 spiro atoms. The molecule has 28 heavy (non-hydrogen) atoms. The molecule has 1 amide bonds. The highest BCUT2D eigenvalue weighted by Gasteiger charge is 2.25. The summed E-state index contributed by atoms with van der Waals surface area (Å²) in [4.78, 5) is 53.8. The van der Waals surface area contributed by atoms with Crippen LogP contribution in [0.15, 0.2) is 0 Å². The molecule has 1 aliphatic heterocycles. The highest BCUT2D eigenvalue weighted by Crippen LogP contribution is 2.09. The van der Waals surface area contributed by atoms with E-state index < -0.39 is 0 Å². The van der Waals surface area contributed by atoms with Gasteiger partial charge in [-0.1, -0.05) is 6.92 Å². The molecule has 1 atom stereocenters. The monoisotopic (exact) mass is 397 g/mol. The third-order valence-electron chi connectivity index (χ3n) is 5.28. The Balaban J connectivity index is 3.02. The summed E-state index contributed by atoms with van der Waals surface area (Å²) in [5, 5.41) is 2.67. The fraction of sp³-hybridized carbons (Fsp3) is 0.789. The summed E-state index contributed by atoms with van der Waals surface area (Å²) >= 11 is 0. The summed E-state index contributed by atoms with van der Waals surface area (Å²) in [6, 6.07) is -0.0953. The molecule has 0 aromatic heterocycles. The van der Waals surface area contributed by atoms with E-state index in [1.165, 1.54) is 0 Å². The molecule has 0 radical (unpaired) electrons. The number of nitrogens with zero attached hydrogens (tertiary/aromatic N) is 4. The van der Waals surface area contributed by atoms with Gasteiger partial charge in [0.25, 0.3) is 0 Å². The minimum absolute atomic E-state index is 0.0589. The molecule has 9 heteroatoms. The topological polar surface area (TPSA) is 93.3 Å². The molecule has 0 aromatic rings. The van der Waals surface area contributed by atoms with E-state index in [2.05, 4.69) is 22.0 Å². The molecule has 0 aromatic carbocycles. The molecule has 0 bridgehead atoms. The summed E-state index contributed by atoms with van der Waals surface area (Å²) in [7, 11) is 1.61. The summed E-state index contributed by atoms with van der Waals surface area (Å²) in [6.07, 6.45) is 2.97. The van der Waals surface area contributed by atoms with Crippen molar-refractivity contribution in [1.82, 2.24) is 24.9 Å². The fourth-order valence-electron chi connectivity index (χ4n) is 3.46. The zero-order chi connectivity index (χ0) is 20.8. The molecule has 9 nitrogen and oxygen atoms in total. The van der Waals surface area contributed by atoms with Crippen molar-refractivity contribution in [3.63, 3.8) is 0 Å². The lowest BCUT2D eigenvalue weighted by Gasteiger charge is -2.37. The van der Waals surface area contributed by atoms with Crippen LogP contribution in [0.25, 0.3) is 0 Å². The number of likely N-dealkylation sites (N-methyl/N-ethyl adjacent to an activating group) is 1. The molecular weight excluding hydrogens is 362 g/mol. The minimum atomic E-state index is -0.0953. The summed E-state index contributed by atoms with van der Waals surface area (Å²) < 4.78 is 0. The van der Waals surface area contributed by atoms with Gasteiger partial charge in [0.1, 0.15) is 18.9 Å². The van der Waals surface area contributed by atoms with E-state index >= 15 is 0 Å². The second kappa shape index (κ2) is 14.3. The molecule has 1 aliphatic rings. The lowest BCUT2D eigenvalue weighted by atomic mass is 10.1. The zero-order valence-corrected chi connectivity index (χ0v) is 17.2. The Morgan fingerprint density at radius 1 is 0.857 bits per heavy atom. The van der Waals surface area contributed by atoms with E-state index in [4.69, 9.17) is 0 Å². The molecule has 160 valence electrons. The summed E-state index contributed by atoms with van der Waals surface area (Å²) in [5.74, 6) is -0.0589. The van der Waals surface area contributed by atoms with Crippen molar-refractivity contribution in [2.24, 2.45) is 0 Å². The van der Waals surface area contributed by atoms with Gasteiger partial charge in [0.2, 0.25) is 5.91 Å². The van der Waals surface area contributed by atoms with Crippen LogP contribution < -0.4 is 5.32 Å². The number of hydrogen-bond donors (Lipinski definition) is 1. The van der Waals surface area contributed by atoms with Crippen molar-refractivity contribution < 1.29 is 19.2 Å². The fourth-order valence-corrected chi connectivity index (χ4v) is 3.46. The number of carbonyl (C=O) groups excluding carboxylic acids is 4. The Morgan fingerprint density at radius 3 is 1.82 bits per heavy atom. The van der Waals surface area contributed by atoms with Gasteiger partial charge in [-0.25, -0.2) is 0 Å². The number of rotatable bonds is 9. The van der Waals surface area contributed by atoms with E-state index in [1.54, 1.807) is 7.05 Å². The first kappa shape index (κ1) is 24.4. The van der Waals surface area contributed by atoms with Gasteiger partial charge in [0.05, 0.1) is 19.6 Å². The maximum Gasteiger partial charge on any atom is 0.221 e. The third-order valence-corrected chi connectivity index (χ3v) is 5.28. The highest BCUT2D eigenvalue weighted by atomic mass is 16.1. The second-order valence-corrected chi connectivity index (χ2v) is 7.02. The van der Waals surface area contributed by atoms with Gasteiger partial charge in [-0.2, -0.15) is 0 Å². The van der Waals surface area contributed by atoms with Gasteiger partial charge in [-0.3, -0.25) is 19.5 Å². The van der Waals surface area contributed by atoms with Crippen molar-refractivity contribution in [2.75, 3.05) is 79.0 Å². The van der Waals surface area contributed by atoms with Gasteiger partial charge in [-0.15, -0.1) is 0 Å². The molecule has 1 unspecified atom stereocenters. The van der Waals surface area contributed by atoms with Gasteiger partial charge < -0.3 is 24.6 Å². The predicted octanol–water partition coefficient (Wildman–Crippen LogP) is -1.67. The van der Waals surface area contributed by atoms with Crippen molar-refractivity contribution >= 4 is 24.8 Å². The first-order chi connectivity index (χ1) is 13.6. The Hall–Kier alpha value is -1.68. The maximum absolute atomic E-state index is 12.1. The third kappa shape index (κ3) is 9.01. The number of carbonyl (C=O) groups is 4. The van der Waals surface area contributed by atoms with Crippen molar-refractivity contribution in [3.8, 4) is 0 Å². The van der Waals surface area contributed by atoms with Crippen molar-refractivity contribution in [1.29, 1.82) is 0 Å². The van der Waals surface area contributed by atoms with Gasteiger partial charge in [0.15, 0.2) is 0 Å². The normalized spacial score (nSPS) is 22.0. The summed E-state index contributed by atoms with van der Waals surface area (Å²) in [6.45, 7) is 8.61. The van der Waals surface area contributed by atoms with Crippen LogP contribution in [0.3, 0.4) is 0 Å². The number of aldehydes is 3. The Bertz CT molecular complexity index is 491. The SMILES string of the molecule is CCN1CCN(CC=O)CCN(CC=O)CCN(CC=O)C(CC(=O)NC)C1. The predicted molar refractivity (Wildman–Crippen MR) is 107 cm³/mol. The molecule has 1 N–H and O–H groups in total. The standard InChI is InChI=1S/C19H35N5O4/c1-3-21-4-5-22(10-13-25)6-7-23(11-14-26)8-9-24(12-15-27)18(17-21)16-19(28)20-2/h13-15,18H,3-12,16-17H2,1-2H3,(H,20,28). The average Bonchev–Trinajstić information content (AvgIpc) is 2.69. The Labute approximate surface area is 168 Å². The van der Waals surface area contributed by atoms with Crippen LogP contribution in [-0.2, 0) is 19.2 Å². The largest absolute Gasteiger partial charge is 0.359 e. The molecule has 1 fully saturated rings. The van der Waals surface area contributed by atoms with E-state index in [0.29, 0.717) is 52.2 Å². The van der Waals surface area contributed by atoms with Gasteiger partial charge in [-0.05, 0) is 6.54 Å². The first-order valence-corrected chi connectivity index (χ1v) is 10.00. The first-order valence-electron chi connectivity index (χ1n) is 10.00. The van der Waals surface area contributed by atoms with E-state index in [0.717, 1.165) is 38.5 Å². The quantitative estimate of drug-likeness (QED) is 0.462. The molecule has 0 saturated carbocycles. The minimum Gasteiger partial charge on any atom is -0.359 e. The average molecular weight is 398 g/mol. The Morgan fingerprint density at radius 2 is 1.36 bits per heavy atom. The molecular formula is C19H35N5O4. The van der Waals surface area contributed by atoms with Gasteiger partial charge in [0, 0.05) is 65.3 Å². The van der Waals surface area contributed by atoms with Crippen LogP contribution >= 0.6 is 0 Å².